The molecule has 0 radical (unpaired) electrons. The van der Waals surface area contributed by atoms with Crippen LogP contribution in [0.2, 0.25) is 0 Å². The van der Waals surface area contributed by atoms with Gasteiger partial charge in [-0.15, -0.1) is 0 Å². The summed E-state index contributed by atoms with van der Waals surface area (Å²) >= 11 is 0. The summed E-state index contributed by atoms with van der Waals surface area (Å²) < 4.78 is 11.0. The minimum absolute atomic E-state index is 0.0868. The molecule has 0 rings (SSSR count). The SMILES string of the molecule is CCCCCCCCC/C=C\CCCCCC[C@H](O)OC[C@H](CO)O[C@H](O)CCCCCC/C=C/CCCCCCCCC. The minimum atomic E-state index is -0.903. The molecule has 5 nitrogen and oxygen atoms in total. The summed E-state index contributed by atoms with van der Waals surface area (Å²) in [6.07, 6.45) is 40.6. The molecule has 0 aromatic carbocycles. The number of ether oxygens (including phenoxy) is 2. The molecule has 0 fully saturated rings. The number of aliphatic hydroxyl groups excluding tert-OH is 3. The first-order valence-corrected chi connectivity index (χ1v) is 19.2. The van der Waals surface area contributed by atoms with E-state index in [4.69, 9.17) is 9.47 Å². The number of aliphatic hydroxyl groups is 3. The summed E-state index contributed by atoms with van der Waals surface area (Å²) in [5.74, 6) is 0. The van der Waals surface area contributed by atoms with Gasteiger partial charge < -0.3 is 24.8 Å². The Bertz CT molecular complexity index is 593. The van der Waals surface area contributed by atoms with Crippen LogP contribution >= 0.6 is 0 Å². The number of rotatable bonds is 36. The molecule has 0 amide bonds. The molecule has 0 heterocycles. The maximum Gasteiger partial charge on any atom is 0.155 e. The van der Waals surface area contributed by atoms with E-state index in [9.17, 15) is 15.3 Å². The lowest BCUT2D eigenvalue weighted by molar-refractivity contribution is -0.191. The smallest absolute Gasteiger partial charge is 0.155 e. The second-order valence-electron chi connectivity index (χ2n) is 12.9. The predicted octanol–water partition coefficient (Wildman–Crippen LogP) is 11.1. The number of unbranched alkanes of at least 4 members (excludes halogenated alkanes) is 22. The molecule has 0 aromatic rings. The van der Waals surface area contributed by atoms with Crippen molar-refractivity contribution in [3.8, 4) is 0 Å². The lowest BCUT2D eigenvalue weighted by Gasteiger charge is -2.21. The van der Waals surface area contributed by atoms with Gasteiger partial charge in [0.05, 0.1) is 13.2 Å². The third kappa shape index (κ3) is 34.2. The highest BCUT2D eigenvalue weighted by Crippen LogP contribution is 2.14. The molecule has 3 N–H and O–H groups in total. The van der Waals surface area contributed by atoms with Crippen LogP contribution in [0.15, 0.2) is 24.3 Å². The van der Waals surface area contributed by atoms with Crippen molar-refractivity contribution >= 4 is 0 Å². The Morgan fingerprint density at radius 1 is 0.455 bits per heavy atom. The molecule has 0 aliphatic carbocycles. The van der Waals surface area contributed by atoms with Gasteiger partial charge in [-0.3, -0.25) is 0 Å². The fraction of sp³-hybridized carbons (Fsp3) is 0.897. The molecule has 0 spiro atoms. The molecule has 44 heavy (non-hydrogen) atoms. The van der Waals surface area contributed by atoms with Gasteiger partial charge in [0.1, 0.15) is 6.10 Å². The van der Waals surface area contributed by atoms with Crippen molar-refractivity contribution in [2.24, 2.45) is 0 Å². The molecule has 262 valence electrons. The van der Waals surface area contributed by atoms with Crippen LogP contribution in [0.25, 0.3) is 0 Å². The van der Waals surface area contributed by atoms with Gasteiger partial charge in [-0.1, -0.05) is 141 Å². The fourth-order valence-electron chi connectivity index (χ4n) is 5.51. The van der Waals surface area contributed by atoms with Crippen LogP contribution in [-0.2, 0) is 9.47 Å². The molecular weight excluding hydrogens is 548 g/mol. The van der Waals surface area contributed by atoms with Crippen molar-refractivity contribution in [1.82, 2.24) is 0 Å². The summed E-state index contributed by atoms with van der Waals surface area (Å²) in [5, 5.41) is 29.9. The second-order valence-corrected chi connectivity index (χ2v) is 12.9. The molecular formula is C39H76O5. The van der Waals surface area contributed by atoms with Crippen molar-refractivity contribution < 1.29 is 24.8 Å². The van der Waals surface area contributed by atoms with Crippen LogP contribution in [0.4, 0.5) is 0 Å². The van der Waals surface area contributed by atoms with E-state index >= 15 is 0 Å². The first-order valence-electron chi connectivity index (χ1n) is 19.2. The van der Waals surface area contributed by atoms with Crippen LogP contribution in [0.3, 0.4) is 0 Å². The quantitative estimate of drug-likeness (QED) is 0.0367. The largest absolute Gasteiger partial charge is 0.394 e. The molecule has 0 aliphatic rings. The first-order chi connectivity index (χ1) is 21.6. The lowest BCUT2D eigenvalue weighted by Crippen LogP contribution is -2.31. The van der Waals surface area contributed by atoms with Gasteiger partial charge in [-0.2, -0.15) is 0 Å². The van der Waals surface area contributed by atoms with Gasteiger partial charge in [-0.25, -0.2) is 0 Å². The lowest BCUT2D eigenvalue weighted by atomic mass is 10.1. The van der Waals surface area contributed by atoms with E-state index in [-0.39, 0.29) is 13.2 Å². The van der Waals surface area contributed by atoms with Crippen molar-refractivity contribution in [3.05, 3.63) is 24.3 Å². The average molecular weight is 625 g/mol. The normalized spacial score (nSPS) is 14.2. The Hall–Kier alpha value is -0.720. The predicted molar refractivity (Wildman–Crippen MR) is 189 cm³/mol. The summed E-state index contributed by atoms with van der Waals surface area (Å²) in [5.41, 5.74) is 0. The number of allylic oxidation sites excluding steroid dienone is 4. The zero-order valence-corrected chi connectivity index (χ0v) is 29.4. The monoisotopic (exact) mass is 625 g/mol. The van der Waals surface area contributed by atoms with E-state index in [1.165, 1.54) is 122 Å². The van der Waals surface area contributed by atoms with Crippen LogP contribution < -0.4 is 0 Å². The van der Waals surface area contributed by atoms with E-state index in [1.54, 1.807) is 0 Å². The summed E-state index contributed by atoms with van der Waals surface area (Å²) in [6, 6.07) is 0. The Labute approximate surface area is 274 Å². The van der Waals surface area contributed by atoms with Crippen LogP contribution in [0.5, 0.6) is 0 Å². The van der Waals surface area contributed by atoms with E-state index < -0.39 is 18.7 Å². The van der Waals surface area contributed by atoms with Crippen molar-refractivity contribution in [3.63, 3.8) is 0 Å². The van der Waals surface area contributed by atoms with Gasteiger partial charge in [0.15, 0.2) is 12.6 Å². The molecule has 0 aromatic heterocycles. The topological polar surface area (TPSA) is 79.2 Å². The highest BCUT2D eigenvalue weighted by molar-refractivity contribution is 4.82. The fourth-order valence-corrected chi connectivity index (χ4v) is 5.51. The summed E-state index contributed by atoms with van der Waals surface area (Å²) in [7, 11) is 0. The van der Waals surface area contributed by atoms with Crippen molar-refractivity contribution in [1.29, 1.82) is 0 Å². The second kappa shape index (κ2) is 36.7. The molecule has 0 aliphatic heterocycles. The zero-order chi connectivity index (χ0) is 32.2. The minimum Gasteiger partial charge on any atom is -0.394 e. The Balaban J connectivity index is 3.57. The van der Waals surface area contributed by atoms with Crippen molar-refractivity contribution in [2.45, 2.75) is 212 Å². The zero-order valence-electron chi connectivity index (χ0n) is 29.4. The number of hydrogen-bond donors (Lipinski definition) is 3. The molecule has 5 heteroatoms. The Morgan fingerprint density at radius 2 is 0.795 bits per heavy atom. The first kappa shape index (κ1) is 43.3. The van der Waals surface area contributed by atoms with E-state index in [0.29, 0.717) is 12.8 Å². The van der Waals surface area contributed by atoms with E-state index in [1.807, 2.05) is 0 Å². The van der Waals surface area contributed by atoms with Crippen LogP contribution in [0, 0.1) is 0 Å². The maximum atomic E-state index is 10.2. The molecule has 0 saturated carbocycles. The van der Waals surface area contributed by atoms with E-state index in [2.05, 4.69) is 38.2 Å². The van der Waals surface area contributed by atoms with Crippen LogP contribution in [0.1, 0.15) is 194 Å². The number of hydrogen-bond acceptors (Lipinski definition) is 5. The average Bonchev–Trinajstić information content (AvgIpc) is 3.02. The molecule has 0 unspecified atom stereocenters. The molecule has 3 atom stereocenters. The summed E-state index contributed by atoms with van der Waals surface area (Å²) in [4.78, 5) is 0. The highest BCUT2D eigenvalue weighted by atomic mass is 16.6. The standard InChI is InChI=1S/C39H76O5/c1-3-5-7-9-11-13-15-17-19-21-23-25-27-29-31-33-38(41)43-36-37(35-40)44-39(42)34-32-30-28-26-24-22-20-18-16-14-12-10-8-6-4-2/h19-22,37-42H,3-18,23-36H2,1-2H3/b21-19-,22-20+/t37-,38+,39-/m0/s1. The summed E-state index contributed by atoms with van der Waals surface area (Å²) in [6.45, 7) is 4.38. The van der Waals surface area contributed by atoms with Gasteiger partial charge >= 0.3 is 0 Å². The van der Waals surface area contributed by atoms with Gasteiger partial charge in [-0.05, 0) is 77.0 Å². The van der Waals surface area contributed by atoms with Gasteiger partial charge in [0.25, 0.3) is 0 Å². The van der Waals surface area contributed by atoms with Crippen molar-refractivity contribution in [2.75, 3.05) is 13.2 Å². The van der Waals surface area contributed by atoms with Gasteiger partial charge in [0, 0.05) is 0 Å². The maximum absolute atomic E-state index is 10.2. The molecule has 0 saturated heterocycles. The van der Waals surface area contributed by atoms with Crippen LogP contribution in [-0.4, -0.2) is 47.2 Å². The Morgan fingerprint density at radius 3 is 1.18 bits per heavy atom. The highest BCUT2D eigenvalue weighted by Gasteiger charge is 2.16. The van der Waals surface area contributed by atoms with E-state index in [0.717, 1.165) is 44.9 Å². The molecule has 0 bridgehead atoms. The van der Waals surface area contributed by atoms with Gasteiger partial charge in [0.2, 0.25) is 0 Å². The third-order valence-electron chi connectivity index (χ3n) is 8.45. The Kier molecular flexibility index (Phi) is 36.1. The third-order valence-corrected chi connectivity index (χ3v) is 8.45.